The van der Waals surface area contributed by atoms with E-state index in [1.54, 1.807) is 12.1 Å². The monoisotopic (exact) mass is 191 g/mol. The SMILES string of the molecule is C=C(C)CC(NC)c1ccc(O)cc1. The summed E-state index contributed by atoms with van der Waals surface area (Å²) in [6.07, 6.45) is 0.918. The second-order valence-electron chi connectivity index (χ2n) is 3.59. The molecule has 0 spiro atoms. The molecule has 0 bridgehead atoms. The van der Waals surface area contributed by atoms with E-state index >= 15 is 0 Å². The van der Waals surface area contributed by atoms with Crippen molar-refractivity contribution < 1.29 is 5.11 Å². The Kier molecular flexibility index (Phi) is 3.72. The Morgan fingerprint density at radius 2 is 2.00 bits per heavy atom. The van der Waals surface area contributed by atoms with Gasteiger partial charge >= 0.3 is 0 Å². The molecule has 2 nitrogen and oxygen atoms in total. The number of aromatic hydroxyl groups is 1. The van der Waals surface area contributed by atoms with E-state index in [2.05, 4.69) is 11.9 Å². The van der Waals surface area contributed by atoms with Crippen molar-refractivity contribution in [3.63, 3.8) is 0 Å². The van der Waals surface area contributed by atoms with Gasteiger partial charge in [-0.3, -0.25) is 0 Å². The van der Waals surface area contributed by atoms with E-state index in [0.29, 0.717) is 5.75 Å². The molecule has 76 valence electrons. The van der Waals surface area contributed by atoms with Gasteiger partial charge in [0.1, 0.15) is 5.75 Å². The molecule has 0 fully saturated rings. The van der Waals surface area contributed by atoms with E-state index in [-0.39, 0.29) is 6.04 Å². The van der Waals surface area contributed by atoms with Crippen LogP contribution in [0.25, 0.3) is 0 Å². The van der Waals surface area contributed by atoms with Gasteiger partial charge in [0.2, 0.25) is 0 Å². The molecule has 0 aliphatic heterocycles. The fourth-order valence-electron chi connectivity index (χ4n) is 1.44. The molecule has 1 rings (SSSR count). The summed E-state index contributed by atoms with van der Waals surface area (Å²) in [5.74, 6) is 0.305. The summed E-state index contributed by atoms with van der Waals surface area (Å²) in [6, 6.07) is 7.56. The molecular formula is C12H17NO. The predicted octanol–water partition coefficient (Wildman–Crippen LogP) is 2.62. The molecular weight excluding hydrogens is 174 g/mol. The summed E-state index contributed by atoms with van der Waals surface area (Å²) in [4.78, 5) is 0. The highest BCUT2D eigenvalue weighted by molar-refractivity contribution is 5.28. The molecule has 0 saturated heterocycles. The maximum atomic E-state index is 9.16. The van der Waals surface area contributed by atoms with Crippen molar-refractivity contribution in [1.29, 1.82) is 0 Å². The topological polar surface area (TPSA) is 32.3 Å². The van der Waals surface area contributed by atoms with Crippen molar-refractivity contribution in [2.75, 3.05) is 7.05 Å². The zero-order valence-corrected chi connectivity index (χ0v) is 8.75. The van der Waals surface area contributed by atoms with Crippen molar-refractivity contribution in [3.8, 4) is 5.75 Å². The third-order valence-corrected chi connectivity index (χ3v) is 2.20. The Balaban J connectivity index is 2.78. The lowest BCUT2D eigenvalue weighted by Crippen LogP contribution is -2.16. The maximum absolute atomic E-state index is 9.16. The highest BCUT2D eigenvalue weighted by Gasteiger charge is 2.08. The van der Waals surface area contributed by atoms with Gasteiger partial charge < -0.3 is 10.4 Å². The smallest absolute Gasteiger partial charge is 0.115 e. The fraction of sp³-hybridized carbons (Fsp3) is 0.333. The summed E-state index contributed by atoms with van der Waals surface area (Å²) < 4.78 is 0. The number of hydrogen-bond acceptors (Lipinski definition) is 2. The average Bonchev–Trinajstić information content (AvgIpc) is 2.15. The normalized spacial score (nSPS) is 12.4. The van der Waals surface area contributed by atoms with Crippen LogP contribution in [0.2, 0.25) is 0 Å². The van der Waals surface area contributed by atoms with Gasteiger partial charge in [0.25, 0.3) is 0 Å². The summed E-state index contributed by atoms with van der Waals surface area (Å²) in [7, 11) is 1.93. The zero-order valence-electron chi connectivity index (χ0n) is 8.75. The molecule has 0 aliphatic rings. The van der Waals surface area contributed by atoms with E-state index in [4.69, 9.17) is 5.11 Å². The van der Waals surface area contributed by atoms with Crippen molar-refractivity contribution in [3.05, 3.63) is 42.0 Å². The highest BCUT2D eigenvalue weighted by atomic mass is 16.3. The van der Waals surface area contributed by atoms with Crippen LogP contribution in [-0.2, 0) is 0 Å². The van der Waals surface area contributed by atoms with Crippen molar-refractivity contribution in [1.82, 2.24) is 5.32 Å². The molecule has 1 aromatic rings. The Bertz CT molecular complexity index is 303. The summed E-state index contributed by atoms with van der Waals surface area (Å²) in [5, 5.41) is 12.4. The maximum Gasteiger partial charge on any atom is 0.115 e. The molecule has 0 saturated carbocycles. The lowest BCUT2D eigenvalue weighted by molar-refractivity contribution is 0.474. The van der Waals surface area contributed by atoms with Gasteiger partial charge in [-0.25, -0.2) is 0 Å². The summed E-state index contributed by atoms with van der Waals surface area (Å²) >= 11 is 0. The first-order valence-electron chi connectivity index (χ1n) is 4.74. The molecule has 1 aromatic carbocycles. The fourth-order valence-corrected chi connectivity index (χ4v) is 1.44. The Morgan fingerprint density at radius 1 is 1.43 bits per heavy atom. The van der Waals surface area contributed by atoms with Crippen LogP contribution in [0.3, 0.4) is 0 Å². The first-order chi connectivity index (χ1) is 6.63. The highest BCUT2D eigenvalue weighted by Crippen LogP contribution is 2.21. The van der Waals surface area contributed by atoms with Crippen LogP contribution < -0.4 is 5.32 Å². The third-order valence-electron chi connectivity index (χ3n) is 2.20. The molecule has 0 radical (unpaired) electrons. The number of phenolic OH excluding ortho intramolecular Hbond substituents is 1. The van der Waals surface area contributed by atoms with Gasteiger partial charge in [-0.05, 0) is 38.1 Å². The van der Waals surface area contributed by atoms with E-state index in [1.807, 2.05) is 26.1 Å². The van der Waals surface area contributed by atoms with Gasteiger partial charge in [0, 0.05) is 6.04 Å². The van der Waals surface area contributed by atoms with Crippen molar-refractivity contribution >= 4 is 0 Å². The second kappa shape index (κ2) is 4.82. The van der Waals surface area contributed by atoms with Crippen LogP contribution in [0, 0.1) is 0 Å². The van der Waals surface area contributed by atoms with Gasteiger partial charge in [-0.2, -0.15) is 0 Å². The van der Waals surface area contributed by atoms with E-state index < -0.39 is 0 Å². The number of phenols is 1. The largest absolute Gasteiger partial charge is 0.508 e. The van der Waals surface area contributed by atoms with Crippen LogP contribution >= 0.6 is 0 Å². The second-order valence-corrected chi connectivity index (χ2v) is 3.59. The first kappa shape index (κ1) is 10.8. The number of benzene rings is 1. The van der Waals surface area contributed by atoms with Gasteiger partial charge in [-0.1, -0.05) is 17.7 Å². The van der Waals surface area contributed by atoms with Crippen LogP contribution in [0.5, 0.6) is 5.75 Å². The zero-order chi connectivity index (χ0) is 10.6. The van der Waals surface area contributed by atoms with Crippen molar-refractivity contribution in [2.24, 2.45) is 0 Å². The number of rotatable bonds is 4. The van der Waals surface area contributed by atoms with Crippen LogP contribution in [0.15, 0.2) is 36.4 Å². The van der Waals surface area contributed by atoms with Gasteiger partial charge in [0.05, 0.1) is 0 Å². The Morgan fingerprint density at radius 3 is 2.43 bits per heavy atom. The Hall–Kier alpha value is -1.28. The minimum atomic E-state index is 0.285. The minimum absolute atomic E-state index is 0.285. The molecule has 1 unspecified atom stereocenters. The summed E-state index contributed by atoms with van der Waals surface area (Å²) in [5.41, 5.74) is 2.32. The van der Waals surface area contributed by atoms with Gasteiger partial charge in [-0.15, -0.1) is 6.58 Å². The van der Waals surface area contributed by atoms with Crippen LogP contribution in [-0.4, -0.2) is 12.2 Å². The first-order valence-corrected chi connectivity index (χ1v) is 4.74. The molecule has 0 amide bonds. The minimum Gasteiger partial charge on any atom is -0.508 e. The molecule has 0 aliphatic carbocycles. The quantitative estimate of drug-likeness (QED) is 0.717. The van der Waals surface area contributed by atoms with E-state index in [9.17, 15) is 0 Å². The van der Waals surface area contributed by atoms with E-state index in [0.717, 1.165) is 12.0 Å². The lowest BCUT2D eigenvalue weighted by atomic mass is 10.0. The molecule has 0 aromatic heterocycles. The van der Waals surface area contributed by atoms with Gasteiger partial charge in [0.15, 0.2) is 0 Å². The summed E-state index contributed by atoms with van der Waals surface area (Å²) in [6.45, 7) is 5.92. The van der Waals surface area contributed by atoms with Crippen LogP contribution in [0.1, 0.15) is 24.9 Å². The molecule has 0 heterocycles. The molecule has 14 heavy (non-hydrogen) atoms. The number of hydrogen-bond donors (Lipinski definition) is 2. The Labute approximate surface area is 85.3 Å². The van der Waals surface area contributed by atoms with Crippen molar-refractivity contribution in [2.45, 2.75) is 19.4 Å². The standard InChI is InChI=1S/C12H17NO/c1-9(2)8-12(13-3)10-4-6-11(14)7-5-10/h4-7,12-14H,1,8H2,2-3H3. The predicted molar refractivity (Wildman–Crippen MR) is 59.3 cm³/mol. The number of nitrogens with one attached hydrogen (secondary N) is 1. The third kappa shape index (κ3) is 2.89. The lowest BCUT2D eigenvalue weighted by Gasteiger charge is -2.16. The van der Waals surface area contributed by atoms with E-state index in [1.165, 1.54) is 5.56 Å². The molecule has 1 atom stereocenters. The van der Waals surface area contributed by atoms with Crippen LogP contribution in [0.4, 0.5) is 0 Å². The molecule has 2 heteroatoms. The average molecular weight is 191 g/mol. The molecule has 2 N–H and O–H groups in total.